The van der Waals surface area contributed by atoms with Crippen molar-refractivity contribution in [3.63, 3.8) is 0 Å². The van der Waals surface area contributed by atoms with Gasteiger partial charge in [0.2, 0.25) is 0 Å². The number of carbonyl (C=O) groups is 2. The lowest BCUT2D eigenvalue weighted by Gasteiger charge is -2.29. The summed E-state index contributed by atoms with van der Waals surface area (Å²) < 4.78 is 10.2. The number of rotatable bonds is 3. The highest BCUT2D eigenvalue weighted by molar-refractivity contribution is 5.80. The highest BCUT2D eigenvalue weighted by Gasteiger charge is 2.32. The average molecular weight is 259 g/mol. The maximum atomic E-state index is 11.6. The Morgan fingerprint density at radius 1 is 1.33 bits per heavy atom. The normalized spacial score (nSPS) is 19.1. The molecule has 104 valence electrons. The van der Waals surface area contributed by atoms with Gasteiger partial charge in [-0.3, -0.25) is 0 Å². The molecule has 0 saturated carbocycles. The second-order valence-electron chi connectivity index (χ2n) is 5.41. The summed E-state index contributed by atoms with van der Waals surface area (Å²) in [5.41, 5.74) is -0.636. The molecule has 0 aromatic carbocycles. The van der Waals surface area contributed by atoms with Crippen LogP contribution in [0.2, 0.25) is 0 Å². The van der Waals surface area contributed by atoms with Crippen molar-refractivity contribution < 1.29 is 24.2 Å². The molecule has 1 aliphatic heterocycles. The highest BCUT2D eigenvalue weighted by Crippen LogP contribution is 2.19. The third-order valence-corrected chi connectivity index (χ3v) is 2.68. The number of ether oxygens (including phenoxy) is 2. The van der Waals surface area contributed by atoms with Crippen LogP contribution in [0.15, 0.2) is 0 Å². The van der Waals surface area contributed by atoms with Gasteiger partial charge >= 0.3 is 12.1 Å². The molecule has 1 amide bonds. The van der Waals surface area contributed by atoms with Gasteiger partial charge in [-0.1, -0.05) is 0 Å². The van der Waals surface area contributed by atoms with E-state index in [1.807, 2.05) is 0 Å². The number of aliphatic carboxylic acids is 1. The number of hydrogen-bond acceptors (Lipinski definition) is 4. The molecular weight excluding hydrogens is 238 g/mol. The topological polar surface area (TPSA) is 84.9 Å². The molecule has 1 rings (SSSR count). The second-order valence-corrected chi connectivity index (χ2v) is 5.41. The van der Waals surface area contributed by atoms with Crippen molar-refractivity contribution in [1.29, 1.82) is 0 Å². The van der Waals surface area contributed by atoms with Gasteiger partial charge in [-0.15, -0.1) is 0 Å². The minimum atomic E-state index is -1.03. The molecule has 1 heterocycles. The lowest BCUT2D eigenvalue weighted by Crippen LogP contribution is -2.49. The molecule has 0 bridgehead atoms. The smallest absolute Gasteiger partial charge is 0.408 e. The first-order valence-corrected chi connectivity index (χ1v) is 6.09. The molecule has 0 aromatic rings. The Labute approximate surface area is 107 Å². The number of alkyl carbamates (subject to hydrolysis) is 1. The van der Waals surface area contributed by atoms with E-state index in [9.17, 15) is 9.59 Å². The number of nitrogens with one attached hydrogen (secondary N) is 1. The third kappa shape index (κ3) is 4.91. The minimum absolute atomic E-state index is 0.108. The molecule has 1 saturated heterocycles. The second kappa shape index (κ2) is 6.04. The molecule has 2 N–H and O–H groups in total. The van der Waals surface area contributed by atoms with Crippen LogP contribution in [-0.2, 0) is 14.3 Å². The Bertz CT molecular complexity index is 304. The van der Waals surface area contributed by atoms with Crippen molar-refractivity contribution in [2.24, 2.45) is 5.92 Å². The Morgan fingerprint density at radius 3 is 2.33 bits per heavy atom. The van der Waals surface area contributed by atoms with E-state index in [2.05, 4.69) is 5.32 Å². The van der Waals surface area contributed by atoms with E-state index in [1.54, 1.807) is 20.8 Å². The fourth-order valence-corrected chi connectivity index (χ4v) is 1.86. The van der Waals surface area contributed by atoms with Gasteiger partial charge in [0.1, 0.15) is 11.6 Å². The molecular formula is C12H21NO5. The fraction of sp³-hybridized carbons (Fsp3) is 0.833. The van der Waals surface area contributed by atoms with Crippen LogP contribution < -0.4 is 5.32 Å². The quantitative estimate of drug-likeness (QED) is 0.800. The van der Waals surface area contributed by atoms with E-state index in [-0.39, 0.29) is 5.92 Å². The summed E-state index contributed by atoms with van der Waals surface area (Å²) in [5.74, 6) is -1.14. The van der Waals surface area contributed by atoms with Crippen molar-refractivity contribution in [3.05, 3.63) is 0 Å². The van der Waals surface area contributed by atoms with Crippen LogP contribution in [0, 0.1) is 5.92 Å². The Hall–Kier alpha value is -1.30. The van der Waals surface area contributed by atoms with Crippen LogP contribution >= 0.6 is 0 Å². The van der Waals surface area contributed by atoms with Gasteiger partial charge in [-0.25, -0.2) is 9.59 Å². The summed E-state index contributed by atoms with van der Waals surface area (Å²) in [6.07, 6.45) is 0.570. The van der Waals surface area contributed by atoms with Crippen LogP contribution in [-0.4, -0.2) is 42.0 Å². The molecule has 1 atom stereocenters. The molecule has 0 aromatic heterocycles. The third-order valence-electron chi connectivity index (χ3n) is 2.68. The first kappa shape index (κ1) is 14.8. The molecule has 6 nitrogen and oxygen atoms in total. The first-order chi connectivity index (χ1) is 8.29. The lowest BCUT2D eigenvalue weighted by atomic mass is 9.92. The molecule has 1 fully saturated rings. The van der Waals surface area contributed by atoms with Crippen LogP contribution in [0.4, 0.5) is 4.79 Å². The fourth-order valence-electron chi connectivity index (χ4n) is 1.86. The molecule has 0 spiro atoms. The Morgan fingerprint density at radius 2 is 1.89 bits per heavy atom. The summed E-state index contributed by atoms with van der Waals surface area (Å²) in [6.45, 7) is 6.26. The predicted molar refractivity (Wildman–Crippen MR) is 64.3 cm³/mol. The molecule has 6 heteroatoms. The minimum Gasteiger partial charge on any atom is -0.480 e. The molecule has 1 aliphatic rings. The standard InChI is InChI=1S/C12H21NO5/c1-12(2,3)18-11(16)13-9(10(14)15)8-4-6-17-7-5-8/h8-9H,4-7H2,1-3H3,(H,13,16)(H,14,15)/t9-/m0/s1. The first-order valence-electron chi connectivity index (χ1n) is 6.09. The van der Waals surface area contributed by atoms with Gasteiger partial charge in [0.15, 0.2) is 0 Å². The lowest BCUT2D eigenvalue weighted by molar-refractivity contribution is -0.142. The summed E-state index contributed by atoms with van der Waals surface area (Å²) in [7, 11) is 0. The number of carboxylic acid groups (broad SMARTS) is 1. The van der Waals surface area contributed by atoms with Crippen LogP contribution in [0.1, 0.15) is 33.6 Å². The van der Waals surface area contributed by atoms with Crippen molar-refractivity contribution in [3.8, 4) is 0 Å². The monoisotopic (exact) mass is 259 g/mol. The maximum absolute atomic E-state index is 11.6. The van der Waals surface area contributed by atoms with E-state index in [4.69, 9.17) is 14.6 Å². The van der Waals surface area contributed by atoms with Crippen molar-refractivity contribution in [2.75, 3.05) is 13.2 Å². The van der Waals surface area contributed by atoms with Gasteiger partial charge in [0.25, 0.3) is 0 Å². The van der Waals surface area contributed by atoms with Crippen molar-refractivity contribution >= 4 is 12.1 Å². The Kier molecular flexibility index (Phi) is 4.95. The predicted octanol–water partition coefficient (Wildman–Crippen LogP) is 1.39. The van der Waals surface area contributed by atoms with Gasteiger partial charge in [-0.2, -0.15) is 0 Å². The zero-order valence-corrected chi connectivity index (χ0v) is 11.1. The highest BCUT2D eigenvalue weighted by atomic mass is 16.6. The number of hydrogen-bond donors (Lipinski definition) is 2. The van der Waals surface area contributed by atoms with Crippen molar-refractivity contribution in [1.82, 2.24) is 5.32 Å². The molecule has 0 aliphatic carbocycles. The van der Waals surface area contributed by atoms with Gasteiger partial charge in [0.05, 0.1) is 0 Å². The summed E-state index contributed by atoms with van der Waals surface area (Å²) in [4.78, 5) is 22.8. The van der Waals surface area contributed by atoms with Crippen LogP contribution in [0.5, 0.6) is 0 Å². The number of carboxylic acids is 1. The zero-order chi connectivity index (χ0) is 13.8. The molecule has 0 radical (unpaired) electrons. The van der Waals surface area contributed by atoms with Crippen LogP contribution in [0.3, 0.4) is 0 Å². The number of carbonyl (C=O) groups excluding carboxylic acids is 1. The largest absolute Gasteiger partial charge is 0.480 e. The number of amides is 1. The summed E-state index contributed by atoms with van der Waals surface area (Å²) >= 11 is 0. The summed E-state index contributed by atoms with van der Waals surface area (Å²) in [5, 5.41) is 11.6. The van der Waals surface area contributed by atoms with Crippen molar-refractivity contribution in [2.45, 2.75) is 45.3 Å². The van der Waals surface area contributed by atoms with E-state index in [0.717, 1.165) is 0 Å². The van der Waals surface area contributed by atoms with Gasteiger partial charge < -0.3 is 19.9 Å². The van der Waals surface area contributed by atoms with Gasteiger partial charge in [0, 0.05) is 13.2 Å². The van der Waals surface area contributed by atoms with E-state index in [1.165, 1.54) is 0 Å². The van der Waals surface area contributed by atoms with Crippen LogP contribution in [0.25, 0.3) is 0 Å². The van der Waals surface area contributed by atoms with Gasteiger partial charge in [-0.05, 0) is 39.5 Å². The SMILES string of the molecule is CC(C)(C)OC(=O)N[C@H](C(=O)O)C1CCOCC1. The van der Waals surface area contributed by atoms with E-state index >= 15 is 0 Å². The molecule has 18 heavy (non-hydrogen) atoms. The molecule has 0 unspecified atom stereocenters. The summed E-state index contributed by atoms with van der Waals surface area (Å²) in [6, 6.07) is -0.913. The van der Waals surface area contributed by atoms with E-state index < -0.39 is 23.7 Å². The Balaban J connectivity index is 2.57. The zero-order valence-electron chi connectivity index (χ0n) is 11.1. The average Bonchev–Trinajstić information content (AvgIpc) is 2.24. The maximum Gasteiger partial charge on any atom is 0.408 e. The van der Waals surface area contributed by atoms with E-state index in [0.29, 0.717) is 26.1 Å².